The molecule has 0 radical (unpaired) electrons. The SMILES string of the molecule is Cc1ccc(S(=O)(=O)N(CC(=O)N(Cc2ccc(F)cc2)[C@H](C)C(=O)NC(C)(C)C)c2ccc(Cl)cc2C)cc1. The number of hydrogen-bond acceptors (Lipinski definition) is 4. The molecule has 1 N–H and O–H groups in total. The Hall–Kier alpha value is -3.43. The molecule has 3 aromatic carbocycles. The van der Waals surface area contributed by atoms with Crippen LogP contribution in [-0.2, 0) is 26.2 Å². The fourth-order valence-corrected chi connectivity index (χ4v) is 5.80. The van der Waals surface area contributed by atoms with Crippen LogP contribution in [-0.4, -0.2) is 43.3 Å². The van der Waals surface area contributed by atoms with Crippen molar-refractivity contribution in [3.05, 3.63) is 94.3 Å². The van der Waals surface area contributed by atoms with Gasteiger partial charge in [-0.25, -0.2) is 12.8 Å². The predicted octanol–water partition coefficient (Wildman–Crippen LogP) is 5.62. The first-order valence-electron chi connectivity index (χ1n) is 12.8. The summed E-state index contributed by atoms with van der Waals surface area (Å²) in [5, 5.41) is 3.29. The third kappa shape index (κ3) is 7.82. The van der Waals surface area contributed by atoms with E-state index in [1.807, 2.05) is 27.7 Å². The summed E-state index contributed by atoms with van der Waals surface area (Å²) in [7, 11) is -4.20. The van der Waals surface area contributed by atoms with Crippen molar-refractivity contribution in [2.24, 2.45) is 0 Å². The van der Waals surface area contributed by atoms with E-state index in [2.05, 4.69) is 5.32 Å². The third-order valence-corrected chi connectivity index (χ3v) is 8.26. The molecule has 0 unspecified atom stereocenters. The van der Waals surface area contributed by atoms with Crippen LogP contribution >= 0.6 is 11.6 Å². The molecule has 0 fully saturated rings. The molecule has 3 rings (SSSR count). The molecular formula is C30H35ClFN3O4S. The van der Waals surface area contributed by atoms with E-state index in [-0.39, 0.29) is 17.1 Å². The highest BCUT2D eigenvalue weighted by Crippen LogP contribution is 2.29. The summed E-state index contributed by atoms with van der Waals surface area (Å²) in [6.45, 7) is 9.99. The van der Waals surface area contributed by atoms with Crippen molar-refractivity contribution < 1.29 is 22.4 Å². The summed E-state index contributed by atoms with van der Waals surface area (Å²) in [4.78, 5) is 28.4. The minimum atomic E-state index is -4.20. The number of benzene rings is 3. The molecule has 214 valence electrons. The first-order chi connectivity index (χ1) is 18.6. The lowest BCUT2D eigenvalue weighted by Gasteiger charge is -2.34. The van der Waals surface area contributed by atoms with Crippen LogP contribution in [0.15, 0.2) is 71.6 Å². The standard InChI is InChI=1S/C30H35ClFN3O4S/c1-20-7-14-26(15-8-20)40(38,39)35(27-16-11-24(31)17-21(27)2)19-28(36)34(18-23-9-12-25(32)13-10-23)22(3)29(37)33-30(4,5)6/h7-17,22H,18-19H2,1-6H3,(H,33,37)/t22-/m1/s1. The first kappa shape index (κ1) is 31.1. The summed E-state index contributed by atoms with van der Waals surface area (Å²) < 4.78 is 42.5. The van der Waals surface area contributed by atoms with E-state index in [0.717, 1.165) is 9.87 Å². The van der Waals surface area contributed by atoms with Gasteiger partial charge in [0.25, 0.3) is 10.0 Å². The molecular weight excluding hydrogens is 553 g/mol. The van der Waals surface area contributed by atoms with Crippen molar-refractivity contribution in [2.45, 2.75) is 64.6 Å². The van der Waals surface area contributed by atoms with Gasteiger partial charge < -0.3 is 10.2 Å². The molecule has 0 saturated carbocycles. The first-order valence-corrected chi connectivity index (χ1v) is 14.6. The van der Waals surface area contributed by atoms with Gasteiger partial charge in [0.2, 0.25) is 11.8 Å². The Morgan fingerprint density at radius 3 is 2.12 bits per heavy atom. The second kappa shape index (κ2) is 12.4. The Morgan fingerprint density at radius 1 is 0.975 bits per heavy atom. The van der Waals surface area contributed by atoms with E-state index >= 15 is 0 Å². The number of aryl methyl sites for hydroxylation is 2. The number of sulfonamides is 1. The molecule has 10 heteroatoms. The van der Waals surface area contributed by atoms with E-state index in [4.69, 9.17) is 11.6 Å². The van der Waals surface area contributed by atoms with Crippen molar-refractivity contribution in [3.63, 3.8) is 0 Å². The lowest BCUT2D eigenvalue weighted by Crippen LogP contribution is -2.54. The number of nitrogens with one attached hydrogen (secondary N) is 1. The molecule has 7 nitrogen and oxygen atoms in total. The lowest BCUT2D eigenvalue weighted by atomic mass is 10.1. The molecule has 0 aliphatic carbocycles. The Bertz CT molecular complexity index is 1470. The van der Waals surface area contributed by atoms with E-state index in [9.17, 15) is 22.4 Å². The summed E-state index contributed by atoms with van der Waals surface area (Å²) in [6, 6.07) is 15.7. The molecule has 0 heterocycles. The van der Waals surface area contributed by atoms with E-state index < -0.39 is 45.8 Å². The average molecular weight is 588 g/mol. The molecule has 0 aliphatic rings. The van der Waals surface area contributed by atoms with Crippen LogP contribution in [0.2, 0.25) is 5.02 Å². The van der Waals surface area contributed by atoms with Crippen LogP contribution in [0.3, 0.4) is 0 Å². The molecule has 0 spiro atoms. The number of nitrogens with zero attached hydrogens (tertiary/aromatic N) is 2. The predicted molar refractivity (Wildman–Crippen MR) is 156 cm³/mol. The molecule has 2 amide bonds. The topological polar surface area (TPSA) is 86.8 Å². The Kier molecular flexibility index (Phi) is 9.64. The number of hydrogen-bond donors (Lipinski definition) is 1. The van der Waals surface area contributed by atoms with Crippen LogP contribution in [0.25, 0.3) is 0 Å². The van der Waals surface area contributed by atoms with Crippen molar-refractivity contribution in [1.29, 1.82) is 0 Å². The fraction of sp³-hybridized carbons (Fsp3) is 0.333. The zero-order chi connectivity index (χ0) is 29.8. The van der Waals surface area contributed by atoms with Crippen molar-refractivity contribution in [1.82, 2.24) is 10.2 Å². The molecule has 40 heavy (non-hydrogen) atoms. The van der Waals surface area contributed by atoms with Gasteiger partial charge >= 0.3 is 0 Å². The van der Waals surface area contributed by atoms with Crippen LogP contribution in [0.1, 0.15) is 44.4 Å². The zero-order valence-electron chi connectivity index (χ0n) is 23.5. The van der Waals surface area contributed by atoms with Crippen LogP contribution < -0.4 is 9.62 Å². The highest BCUT2D eigenvalue weighted by molar-refractivity contribution is 7.92. The van der Waals surface area contributed by atoms with E-state index in [1.54, 1.807) is 44.2 Å². The van der Waals surface area contributed by atoms with Crippen LogP contribution in [0, 0.1) is 19.7 Å². The summed E-state index contributed by atoms with van der Waals surface area (Å²) >= 11 is 6.14. The number of carbonyl (C=O) groups is 2. The monoisotopic (exact) mass is 587 g/mol. The molecule has 0 aliphatic heterocycles. The second-order valence-corrected chi connectivity index (χ2v) is 13.1. The van der Waals surface area contributed by atoms with Crippen molar-refractivity contribution >= 4 is 39.1 Å². The van der Waals surface area contributed by atoms with Gasteiger partial charge in [-0.1, -0.05) is 41.4 Å². The van der Waals surface area contributed by atoms with Gasteiger partial charge in [0.15, 0.2) is 0 Å². The number of carbonyl (C=O) groups excluding carboxylic acids is 2. The number of rotatable bonds is 9. The Balaban J connectivity index is 2.07. The van der Waals surface area contributed by atoms with Gasteiger partial charge in [0.05, 0.1) is 10.6 Å². The minimum absolute atomic E-state index is 0.0175. The molecule has 0 bridgehead atoms. The zero-order valence-corrected chi connectivity index (χ0v) is 25.1. The van der Waals surface area contributed by atoms with Gasteiger partial charge in [-0.2, -0.15) is 0 Å². The highest BCUT2D eigenvalue weighted by Gasteiger charge is 2.34. The third-order valence-electron chi connectivity index (χ3n) is 6.25. The normalized spacial score (nSPS) is 12.5. The molecule has 1 atom stereocenters. The van der Waals surface area contributed by atoms with Gasteiger partial charge in [-0.15, -0.1) is 0 Å². The van der Waals surface area contributed by atoms with Gasteiger partial charge in [-0.3, -0.25) is 13.9 Å². The van der Waals surface area contributed by atoms with Crippen molar-refractivity contribution in [3.8, 4) is 0 Å². The summed E-state index contributed by atoms with van der Waals surface area (Å²) in [6.07, 6.45) is 0. The fourth-order valence-electron chi connectivity index (χ4n) is 4.09. The molecule has 0 saturated heterocycles. The van der Waals surface area contributed by atoms with Crippen LogP contribution in [0.4, 0.5) is 10.1 Å². The molecule has 0 aromatic heterocycles. The maximum atomic E-state index is 14.0. The maximum Gasteiger partial charge on any atom is 0.264 e. The largest absolute Gasteiger partial charge is 0.350 e. The van der Waals surface area contributed by atoms with Gasteiger partial charge in [0, 0.05) is 17.1 Å². The summed E-state index contributed by atoms with van der Waals surface area (Å²) in [5.41, 5.74) is 1.75. The second-order valence-electron chi connectivity index (χ2n) is 10.8. The van der Waals surface area contributed by atoms with Gasteiger partial charge in [-0.05, 0) is 95.1 Å². The van der Waals surface area contributed by atoms with Crippen molar-refractivity contribution in [2.75, 3.05) is 10.8 Å². The minimum Gasteiger partial charge on any atom is -0.350 e. The molecule has 3 aromatic rings. The highest BCUT2D eigenvalue weighted by atomic mass is 35.5. The van der Waals surface area contributed by atoms with E-state index in [1.165, 1.54) is 41.3 Å². The Morgan fingerprint density at radius 2 is 1.57 bits per heavy atom. The number of anilines is 1. The van der Waals surface area contributed by atoms with E-state index in [0.29, 0.717) is 16.1 Å². The number of halogens is 2. The lowest BCUT2D eigenvalue weighted by molar-refractivity contribution is -0.140. The number of amides is 2. The van der Waals surface area contributed by atoms with Gasteiger partial charge in [0.1, 0.15) is 18.4 Å². The maximum absolute atomic E-state index is 14.0. The quantitative estimate of drug-likeness (QED) is 0.352. The Labute approximate surface area is 241 Å². The summed E-state index contributed by atoms with van der Waals surface area (Å²) in [5.74, 6) is -1.45. The smallest absolute Gasteiger partial charge is 0.264 e. The van der Waals surface area contributed by atoms with Crippen LogP contribution in [0.5, 0.6) is 0 Å². The average Bonchev–Trinajstić information content (AvgIpc) is 2.86.